The number of benzene rings is 1. The van der Waals surface area contributed by atoms with Crippen molar-refractivity contribution in [1.82, 2.24) is 0 Å². The van der Waals surface area contributed by atoms with Crippen LogP contribution in [0.25, 0.3) is 0 Å². The summed E-state index contributed by atoms with van der Waals surface area (Å²) in [6.45, 7) is 0.333. The molecule has 1 heterocycles. The Kier molecular flexibility index (Phi) is 5.20. The Balaban J connectivity index is 2.28. The van der Waals surface area contributed by atoms with Crippen LogP contribution >= 0.6 is 0 Å². The molecule has 0 radical (unpaired) electrons. The number of carbonyl (C=O) groups excluding carboxylic acids is 2. The van der Waals surface area contributed by atoms with Gasteiger partial charge in [0.15, 0.2) is 0 Å². The van der Waals surface area contributed by atoms with Crippen LogP contribution in [-0.2, 0) is 9.47 Å². The van der Waals surface area contributed by atoms with Crippen LogP contribution < -0.4 is 4.90 Å². The number of nitrogens with zero attached hydrogens (tertiary/aromatic N) is 1. The zero-order chi connectivity index (χ0) is 17.0. The van der Waals surface area contributed by atoms with Crippen LogP contribution in [-0.4, -0.2) is 56.6 Å². The first kappa shape index (κ1) is 17.2. The number of carbonyl (C=O) groups is 2. The highest BCUT2D eigenvalue weighted by atomic mass is 19.1. The first-order chi connectivity index (χ1) is 10.9. The lowest BCUT2D eigenvalue weighted by Crippen LogP contribution is -2.44. The van der Waals surface area contributed by atoms with Gasteiger partial charge in [0.1, 0.15) is 5.67 Å². The normalized spacial score (nSPS) is 16.8. The van der Waals surface area contributed by atoms with E-state index in [-0.39, 0.29) is 24.0 Å². The first-order valence-corrected chi connectivity index (χ1v) is 7.29. The molecule has 23 heavy (non-hydrogen) atoms. The van der Waals surface area contributed by atoms with Crippen molar-refractivity contribution < 1.29 is 28.6 Å². The second-order valence-corrected chi connectivity index (χ2v) is 5.51. The van der Waals surface area contributed by atoms with E-state index >= 15 is 0 Å². The summed E-state index contributed by atoms with van der Waals surface area (Å²) in [5, 5.41) is 9.07. The van der Waals surface area contributed by atoms with E-state index in [4.69, 9.17) is 9.84 Å². The number of anilines is 1. The number of rotatable bonds is 4. The number of methoxy groups -OCH3 is 2. The molecule has 1 aliphatic rings. The van der Waals surface area contributed by atoms with Crippen molar-refractivity contribution in [3.63, 3.8) is 0 Å². The third kappa shape index (κ3) is 3.61. The maximum Gasteiger partial charge on any atom is 0.338 e. The Morgan fingerprint density at radius 2 is 1.74 bits per heavy atom. The lowest BCUT2D eigenvalue weighted by molar-refractivity contribution is 0.0481. The summed E-state index contributed by atoms with van der Waals surface area (Å²) in [6.07, 6.45) is 0.408. The van der Waals surface area contributed by atoms with Crippen LogP contribution in [0.15, 0.2) is 18.2 Å². The number of ether oxygens (including phenoxy) is 2. The van der Waals surface area contributed by atoms with Crippen molar-refractivity contribution in [3.05, 3.63) is 29.3 Å². The zero-order valence-electron chi connectivity index (χ0n) is 13.2. The van der Waals surface area contributed by atoms with E-state index in [1.807, 2.05) is 4.90 Å². The molecule has 0 atom stereocenters. The number of hydrogen-bond donors (Lipinski definition) is 1. The van der Waals surface area contributed by atoms with E-state index in [1.54, 1.807) is 12.1 Å². The van der Waals surface area contributed by atoms with Gasteiger partial charge in [-0.3, -0.25) is 0 Å². The largest absolute Gasteiger partial charge is 0.465 e. The predicted octanol–water partition coefficient (Wildman–Crippen LogP) is 1.56. The van der Waals surface area contributed by atoms with Gasteiger partial charge in [-0.25, -0.2) is 14.0 Å². The number of aliphatic hydroxyl groups excluding tert-OH is 1. The van der Waals surface area contributed by atoms with Crippen LogP contribution in [0.3, 0.4) is 0 Å². The fraction of sp³-hybridized carbons (Fsp3) is 0.500. The van der Waals surface area contributed by atoms with Crippen molar-refractivity contribution >= 4 is 17.6 Å². The Hall–Kier alpha value is -2.15. The quantitative estimate of drug-likeness (QED) is 0.847. The Morgan fingerprint density at radius 1 is 1.17 bits per heavy atom. The predicted molar refractivity (Wildman–Crippen MR) is 81.5 cm³/mol. The zero-order valence-corrected chi connectivity index (χ0v) is 13.2. The molecule has 0 spiro atoms. The molecule has 0 bridgehead atoms. The number of aliphatic hydroxyl groups is 1. The lowest BCUT2D eigenvalue weighted by Gasteiger charge is -2.36. The van der Waals surface area contributed by atoms with Crippen molar-refractivity contribution in [2.75, 3.05) is 38.8 Å². The SMILES string of the molecule is COC(=O)c1ccc(N2CCC(F)(CO)CC2)cc1C(=O)OC. The minimum Gasteiger partial charge on any atom is -0.465 e. The second-order valence-electron chi connectivity index (χ2n) is 5.51. The topological polar surface area (TPSA) is 76.1 Å². The Labute approximate surface area is 133 Å². The molecular weight excluding hydrogens is 305 g/mol. The van der Waals surface area contributed by atoms with Gasteiger partial charge >= 0.3 is 11.9 Å². The van der Waals surface area contributed by atoms with E-state index in [1.165, 1.54) is 20.3 Å². The number of piperidine rings is 1. The summed E-state index contributed by atoms with van der Waals surface area (Å²) in [7, 11) is 2.47. The summed E-state index contributed by atoms with van der Waals surface area (Å²) >= 11 is 0. The molecule has 2 rings (SSSR count). The molecule has 0 saturated carbocycles. The summed E-state index contributed by atoms with van der Waals surface area (Å²) in [5.74, 6) is -1.27. The van der Waals surface area contributed by atoms with Gasteiger partial charge in [-0.15, -0.1) is 0 Å². The van der Waals surface area contributed by atoms with Gasteiger partial charge in [-0.05, 0) is 18.2 Å². The molecule has 1 aliphatic heterocycles. The minimum atomic E-state index is -1.55. The highest BCUT2D eigenvalue weighted by Gasteiger charge is 2.34. The van der Waals surface area contributed by atoms with E-state index in [9.17, 15) is 14.0 Å². The average molecular weight is 325 g/mol. The lowest BCUT2D eigenvalue weighted by atomic mass is 9.93. The molecule has 0 aliphatic carbocycles. The molecule has 0 amide bonds. The molecule has 1 fully saturated rings. The molecule has 1 N–H and O–H groups in total. The van der Waals surface area contributed by atoms with E-state index < -0.39 is 24.2 Å². The maximum atomic E-state index is 14.1. The van der Waals surface area contributed by atoms with E-state index in [2.05, 4.69) is 4.74 Å². The number of hydrogen-bond acceptors (Lipinski definition) is 6. The van der Waals surface area contributed by atoms with Crippen LogP contribution in [0.1, 0.15) is 33.6 Å². The minimum absolute atomic E-state index is 0.107. The van der Waals surface area contributed by atoms with Crippen LogP contribution in [0.5, 0.6) is 0 Å². The number of alkyl halides is 1. The average Bonchev–Trinajstić information content (AvgIpc) is 2.60. The summed E-state index contributed by atoms with van der Waals surface area (Å²) in [5.41, 5.74) is -0.627. The van der Waals surface area contributed by atoms with Gasteiger partial charge in [-0.1, -0.05) is 0 Å². The first-order valence-electron chi connectivity index (χ1n) is 7.29. The maximum absolute atomic E-state index is 14.1. The third-order valence-corrected chi connectivity index (χ3v) is 4.12. The Bertz CT molecular complexity index is 596. The van der Waals surface area contributed by atoms with Crippen molar-refractivity contribution in [2.45, 2.75) is 18.5 Å². The Morgan fingerprint density at radius 3 is 2.26 bits per heavy atom. The van der Waals surface area contributed by atoms with Crippen molar-refractivity contribution in [2.24, 2.45) is 0 Å². The standard InChI is InChI=1S/C16H20FNO5/c1-22-14(20)12-4-3-11(9-13(12)15(21)23-2)18-7-5-16(17,10-19)6-8-18/h3-4,9,19H,5-8,10H2,1-2H3. The molecule has 0 unspecified atom stereocenters. The van der Waals surface area contributed by atoms with Crippen LogP contribution in [0.2, 0.25) is 0 Å². The van der Waals surface area contributed by atoms with Crippen LogP contribution in [0.4, 0.5) is 10.1 Å². The van der Waals surface area contributed by atoms with E-state index in [0.717, 1.165) is 0 Å². The molecule has 126 valence electrons. The summed E-state index contributed by atoms with van der Waals surface area (Å²) < 4.78 is 23.4. The molecule has 1 saturated heterocycles. The monoisotopic (exact) mass is 325 g/mol. The van der Waals surface area contributed by atoms with Gasteiger partial charge in [0.25, 0.3) is 0 Å². The van der Waals surface area contributed by atoms with Crippen molar-refractivity contribution in [1.29, 1.82) is 0 Å². The van der Waals surface area contributed by atoms with E-state index in [0.29, 0.717) is 18.8 Å². The molecule has 1 aromatic rings. The highest BCUT2D eigenvalue weighted by Crippen LogP contribution is 2.30. The fourth-order valence-electron chi connectivity index (χ4n) is 2.62. The molecule has 1 aromatic carbocycles. The third-order valence-electron chi connectivity index (χ3n) is 4.12. The summed E-state index contributed by atoms with van der Waals surface area (Å²) in [4.78, 5) is 25.5. The number of esters is 2. The highest BCUT2D eigenvalue weighted by molar-refractivity contribution is 6.03. The van der Waals surface area contributed by atoms with Gasteiger partial charge in [0.2, 0.25) is 0 Å². The van der Waals surface area contributed by atoms with Crippen molar-refractivity contribution in [3.8, 4) is 0 Å². The second kappa shape index (κ2) is 6.95. The fourth-order valence-corrected chi connectivity index (χ4v) is 2.62. The van der Waals surface area contributed by atoms with Gasteiger partial charge in [-0.2, -0.15) is 0 Å². The number of halogens is 1. The summed E-state index contributed by atoms with van der Waals surface area (Å²) in [6, 6.07) is 4.72. The molecule has 0 aromatic heterocycles. The van der Waals surface area contributed by atoms with Gasteiger partial charge in [0, 0.05) is 31.6 Å². The van der Waals surface area contributed by atoms with Gasteiger partial charge in [0.05, 0.1) is 32.0 Å². The smallest absolute Gasteiger partial charge is 0.338 e. The molecule has 6 nitrogen and oxygen atoms in total. The van der Waals surface area contributed by atoms with Gasteiger partial charge < -0.3 is 19.5 Å². The molecular formula is C16H20FNO5. The van der Waals surface area contributed by atoms with Crippen LogP contribution in [0, 0.1) is 0 Å². The molecule has 7 heteroatoms.